The maximum absolute atomic E-state index is 14.1. The molecule has 0 radical (unpaired) electrons. The third-order valence-electron chi connectivity index (χ3n) is 5.75. The minimum absolute atomic E-state index is 0.0169. The smallest absolute Gasteiger partial charge is 0.255 e. The van der Waals surface area contributed by atoms with Crippen molar-refractivity contribution in [3.63, 3.8) is 0 Å². The maximum atomic E-state index is 14.1. The second-order valence-electron chi connectivity index (χ2n) is 9.12. The Labute approximate surface area is 198 Å². The quantitative estimate of drug-likeness (QED) is 0.516. The summed E-state index contributed by atoms with van der Waals surface area (Å²) in [4.78, 5) is 28.4. The second kappa shape index (κ2) is 9.40. The normalized spacial score (nSPS) is 18.2. The molecule has 170 valence electrons. The first-order valence-corrected chi connectivity index (χ1v) is 12.0. The molecular weight excluding hydrogens is 435 g/mol. The van der Waals surface area contributed by atoms with Crippen molar-refractivity contribution >= 4 is 29.3 Å². The van der Waals surface area contributed by atoms with Gasteiger partial charge in [0, 0.05) is 11.3 Å². The van der Waals surface area contributed by atoms with E-state index in [1.807, 2.05) is 18.2 Å². The zero-order valence-electron chi connectivity index (χ0n) is 18.9. The summed E-state index contributed by atoms with van der Waals surface area (Å²) < 4.78 is 14.1. The van der Waals surface area contributed by atoms with Crippen LogP contribution in [0.5, 0.6) is 0 Å². The van der Waals surface area contributed by atoms with Gasteiger partial charge in [0.15, 0.2) is 0 Å². The molecule has 3 aromatic carbocycles. The summed E-state index contributed by atoms with van der Waals surface area (Å²) in [5, 5.41) is 2.35. The van der Waals surface area contributed by atoms with Crippen molar-refractivity contribution in [1.29, 1.82) is 0 Å². The van der Waals surface area contributed by atoms with Gasteiger partial charge in [0.05, 0.1) is 5.69 Å². The van der Waals surface area contributed by atoms with Crippen LogP contribution < -0.4 is 5.32 Å². The number of halogens is 1. The molecule has 0 aromatic heterocycles. The molecule has 4 rings (SSSR count). The van der Waals surface area contributed by atoms with E-state index in [9.17, 15) is 14.0 Å². The standard InChI is InChI=1S/C27H27FN2O2S/c1-27(2,3)20-15-13-19(14-16-20)26-30(25(32)18-9-5-4-6-10-18)23(17-33-26)24(31)29-22-12-8-7-11-21(22)28/h4-16,23,26H,17H2,1-3H3,(H,29,31). The number of carbonyl (C=O) groups excluding carboxylic acids is 2. The number of nitrogens with zero attached hydrogens (tertiary/aromatic N) is 1. The highest BCUT2D eigenvalue weighted by molar-refractivity contribution is 7.99. The molecule has 4 nitrogen and oxygen atoms in total. The number of rotatable bonds is 4. The van der Waals surface area contributed by atoms with E-state index in [2.05, 4.69) is 38.2 Å². The summed E-state index contributed by atoms with van der Waals surface area (Å²) in [6.07, 6.45) is 0. The minimum Gasteiger partial charge on any atom is -0.322 e. The molecule has 33 heavy (non-hydrogen) atoms. The lowest BCUT2D eigenvalue weighted by Crippen LogP contribution is -2.45. The molecule has 2 unspecified atom stereocenters. The fourth-order valence-corrected chi connectivity index (χ4v) is 5.30. The van der Waals surface area contributed by atoms with Crippen molar-refractivity contribution in [1.82, 2.24) is 4.90 Å². The Morgan fingerprint density at radius 3 is 2.21 bits per heavy atom. The van der Waals surface area contributed by atoms with Crippen LogP contribution in [0.4, 0.5) is 10.1 Å². The van der Waals surface area contributed by atoms with Gasteiger partial charge in [0.2, 0.25) is 5.91 Å². The molecule has 0 bridgehead atoms. The van der Waals surface area contributed by atoms with E-state index in [0.29, 0.717) is 11.3 Å². The van der Waals surface area contributed by atoms with Crippen LogP contribution in [0.1, 0.15) is 47.6 Å². The molecule has 1 fully saturated rings. The van der Waals surface area contributed by atoms with Crippen LogP contribution in [0.15, 0.2) is 78.9 Å². The number of thioether (sulfide) groups is 1. The predicted octanol–water partition coefficient (Wildman–Crippen LogP) is 6.02. The number of hydrogen-bond donors (Lipinski definition) is 1. The SMILES string of the molecule is CC(C)(C)c1ccc(C2SCC(C(=O)Nc3ccccc3F)N2C(=O)c2ccccc2)cc1. The highest BCUT2D eigenvalue weighted by Gasteiger charge is 2.42. The number of benzene rings is 3. The number of anilines is 1. The molecule has 0 spiro atoms. The summed E-state index contributed by atoms with van der Waals surface area (Å²) in [7, 11) is 0. The molecule has 1 aliphatic heterocycles. The van der Waals surface area contributed by atoms with E-state index in [1.54, 1.807) is 53.1 Å². The Morgan fingerprint density at radius 2 is 1.58 bits per heavy atom. The zero-order valence-corrected chi connectivity index (χ0v) is 19.7. The third-order valence-corrected chi connectivity index (χ3v) is 7.08. The molecule has 2 atom stereocenters. The van der Waals surface area contributed by atoms with Crippen LogP contribution in [0.3, 0.4) is 0 Å². The van der Waals surface area contributed by atoms with Gasteiger partial charge in [-0.25, -0.2) is 4.39 Å². The number of amides is 2. The van der Waals surface area contributed by atoms with Gasteiger partial charge in [-0.1, -0.05) is 75.4 Å². The number of nitrogens with one attached hydrogen (secondary N) is 1. The van der Waals surface area contributed by atoms with Crippen molar-refractivity contribution in [2.45, 2.75) is 37.6 Å². The van der Waals surface area contributed by atoms with Gasteiger partial charge in [-0.15, -0.1) is 11.8 Å². The molecular formula is C27H27FN2O2S. The van der Waals surface area contributed by atoms with Crippen molar-refractivity contribution in [3.8, 4) is 0 Å². The van der Waals surface area contributed by atoms with Crippen LogP contribution >= 0.6 is 11.8 Å². The van der Waals surface area contributed by atoms with Gasteiger partial charge in [-0.05, 0) is 40.8 Å². The van der Waals surface area contributed by atoms with Crippen LogP contribution in [0.2, 0.25) is 0 Å². The van der Waals surface area contributed by atoms with Crippen LogP contribution in [0.25, 0.3) is 0 Å². The molecule has 1 saturated heterocycles. The topological polar surface area (TPSA) is 49.4 Å². The Kier molecular flexibility index (Phi) is 6.56. The Hall–Kier alpha value is -3.12. The summed E-state index contributed by atoms with van der Waals surface area (Å²) in [5.41, 5.74) is 2.79. The van der Waals surface area contributed by atoms with Gasteiger partial charge in [-0.2, -0.15) is 0 Å². The Bertz CT molecular complexity index is 1140. The van der Waals surface area contributed by atoms with Gasteiger partial charge in [0.25, 0.3) is 5.91 Å². The lowest BCUT2D eigenvalue weighted by atomic mass is 9.86. The Morgan fingerprint density at radius 1 is 0.939 bits per heavy atom. The van der Waals surface area contributed by atoms with Crippen molar-refractivity contribution < 1.29 is 14.0 Å². The van der Waals surface area contributed by atoms with E-state index >= 15 is 0 Å². The van der Waals surface area contributed by atoms with E-state index in [1.165, 1.54) is 17.7 Å². The second-order valence-corrected chi connectivity index (χ2v) is 10.2. The maximum Gasteiger partial charge on any atom is 0.255 e. The van der Waals surface area contributed by atoms with E-state index in [0.717, 1.165) is 5.56 Å². The van der Waals surface area contributed by atoms with E-state index in [-0.39, 0.29) is 22.4 Å². The van der Waals surface area contributed by atoms with Gasteiger partial charge in [-0.3, -0.25) is 9.59 Å². The largest absolute Gasteiger partial charge is 0.322 e. The predicted molar refractivity (Wildman–Crippen MR) is 132 cm³/mol. The molecule has 2 amide bonds. The molecule has 6 heteroatoms. The van der Waals surface area contributed by atoms with Gasteiger partial charge >= 0.3 is 0 Å². The first-order chi connectivity index (χ1) is 15.8. The van der Waals surface area contributed by atoms with Crippen molar-refractivity contribution in [3.05, 3.63) is 101 Å². The number of hydrogen-bond acceptors (Lipinski definition) is 3. The monoisotopic (exact) mass is 462 g/mol. The summed E-state index contributed by atoms with van der Waals surface area (Å²) >= 11 is 1.54. The van der Waals surface area contributed by atoms with Crippen LogP contribution in [-0.4, -0.2) is 28.5 Å². The molecule has 1 heterocycles. The van der Waals surface area contributed by atoms with Crippen molar-refractivity contribution in [2.75, 3.05) is 11.1 Å². The van der Waals surface area contributed by atoms with Crippen molar-refractivity contribution in [2.24, 2.45) is 0 Å². The molecule has 1 aliphatic rings. The fraction of sp³-hybridized carbons (Fsp3) is 0.259. The lowest BCUT2D eigenvalue weighted by Gasteiger charge is -2.29. The van der Waals surface area contributed by atoms with Gasteiger partial charge in [0.1, 0.15) is 17.2 Å². The molecule has 1 N–H and O–H groups in total. The van der Waals surface area contributed by atoms with Gasteiger partial charge < -0.3 is 10.2 Å². The minimum atomic E-state index is -0.727. The summed E-state index contributed by atoms with van der Waals surface area (Å²) in [5.74, 6) is -0.707. The highest BCUT2D eigenvalue weighted by atomic mass is 32.2. The number of carbonyl (C=O) groups is 2. The van der Waals surface area contributed by atoms with E-state index < -0.39 is 17.8 Å². The first kappa shape index (κ1) is 23.1. The third kappa shape index (κ3) is 4.96. The Balaban J connectivity index is 1.66. The average molecular weight is 463 g/mol. The van der Waals surface area contributed by atoms with E-state index in [4.69, 9.17) is 0 Å². The molecule has 0 saturated carbocycles. The fourth-order valence-electron chi connectivity index (χ4n) is 3.87. The highest BCUT2D eigenvalue weighted by Crippen LogP contribution is 2.43. The molecule has 3 aromatic rings. The summed E-state index contributed by atoms with van der Waals surface area (Å²) in [6.45, 7) is 6.46. The van der Waals surface area contributed by atoms with Crippen LogP contribution in [-0.2, 0) is 10.2 Å². The summed E-state index contributed by atoms with van der Waals surface area (Å²) in [6, 6.07) is 22.5. The first-order valence-electron chi connectivity index (χ1n) is 10.9. The van der Waals surface area contributed by atoms with Crippen LogP contribution in [0, 0.1) is 5.82 Å². The number of para-hydroxylation sites is 1. The zero-order chi connectivity index (χ0) is 23.6. The average Bonchev–Trinajstić information content (AvgIpc) is 3.25. The molecule has 0 aliphatic carbocycles. The lowest BCUT2D eigenvalue weighted by molar-refractivity contribution is -0.119.